The molecule has 0 atom stereocenters. The van der Waals surface area contributed by atoms with E-state index in [0.717, 1.165) is 33.4 Å². The number of nitrogens with one attached hydrogen (secondary N) is 1. The Morgan fingerprint density at radius 3 is 2.48 bits per heavy atom. The van der Waals surface area contributed by atoms with Crippen LogP contribution in [-0.2, 0) is 4.79 Å². The van der Waals surface area contributed by atoms with Gasteiger partial charge in [0.2, 0.25) is 5.91 Å². The maximum Gasteiger partial charge on any atom is 0.225 e. The molecule has 0 bridgehead atoms. The number of carbonyl (C=O) groups is 1. The van der Waals surface area contributed by atoms with Crippen molar-refractivity contribution in [3.05, 3.63) is 84.9 Å². The summed E-state index contributed by atoms with van der Waals surface area (Å²) < 4.78 is 11.8. The lowest BCUT2D eigenvalue weighted by Gasteiger charge is -2.15. The first-order valence-corrected chi connectivity index (χ1v) is 10.5. The van der Waals surface area contributed by atoms with Crippen LogP contribution in [0.25, 0.3) is 21.9 Å². The molecule has 0 heterocycles. The van der Waals surface area contributed by atoms with E-state index in [-0.39, 0.29) is 12.3 Å². The number of ether oxygens (including phenoxy) is 2. The van der Waals surface area contributed by atoms with Crippen LogP contribution in [0, 0.1) is 0 Å². The second-order valence-electron chi connectivity index (χ2n) is 7.01. The number of rotatable bonds is 7. The van der Waals surface area contributed by atoms with Gasteiger partial charge in [0, 0.05) is 28.9 Å². The first kappa shape index (κ1) is 20.8. The highest BCUT2D eigenvalue weighted by molar-refractivity contribution is 6.19. The van der Waals surface area contributed by atoms with Gasteiger partial charge in [-0.05, 0) is 53.4 Å². The fourth-order valence-electron chi connectivity index (χ4n) is 3.40. The third-order valence-corrected chi connectivity index (χ3v) is 5.13. The van der Waals surface area contributed by atoms with Crippen LogP contribution in [-0.4, -0.2) is 18.9 Å². The van der Waals surface area contributed by atoms with Crippen LogP contribution in [0.4, 0.5) is 5.69 Å². The second-order valence-corrected chi connectivity index (χ2v) is 7.39. The summed E-state index contributed by atoms with van der Waals surface area (Å²) in [5.41, 5.74) is 2.68. The lowest BCUT2D eigenvalue weighted by molar-refractivity contribution is -0.115. The molecule has 0 radical (unpaired) electrons. The number of hydrogen-bond donors (Lipinski definition) is 1. The fourth-order valence-corrected chi connectivity index (χ4v) is 3.58. The van der Waals surface area contributed by atoms with Gasteiger partial charge in [0.05, 0.1) is 7.11 Å². The van der Waals surface area contributed by atoms with Gasteiger partial charge in [-0.15, -0.1) is 11.6 Å². The normalized spacial score (nSPS) is 10.6. The van der Waals surface area contributed by atoms with Crippen LogP contribution in [0.2, 0.25) is 0 Å². The molecule has 0 aliphatic heterocycles. The Kier molecular flexibility index (Phi) is 6.39. The van der Waals surface area contributed by atoms with E-state index in [1.807, 2.05) is 60.7 Å². The number of halogens is 1. The number of hydrogen-bond acceptors (Lipinski definition) is 3. The Morgan fingerprint density at radius 2 is 1.71 bits per heavy atom. The van der Waals surface area contributed by atoms with Gasteiger partial charge in [0.1, 0.15) is 17.2 Å². The number of alkyl halides is 1. The average Bonchev–Trinajstić information content (AvgIpc) is 2.80. The summed E-state index contributed by atoms with van der Waals surface area (Å²) in [4.78, 5) is 11.8. The summed E-state index contributed by atoms with van der Waals surface area (Å²) >= 11 is 5.62. The van der Waals surface area contributed by atoms with Gasteiger partial charge in [-0.2, -0.15) is 0 Å². The molecule has 1 amide bonds. The van der Waals surface area contributed by atoms with E-state index in [2.05, 4.69) is 29.6 Å². The Hall–Kier alpha value is -3.50. The maximum absolute atomic E-state index is 11.8. The van der Waals surface area contributed by atoms with Crippen LogP contribution in [0.3, 0.4) is 0 Å². The molecule has 5 heteroatoms. The molecule has 0 aliphatic rings. The molecular weight excluding hydrogens is 410 g/mol. The fraction of sp³-hybridized carbons (Fsp3) is 0.115. The predicted octanol–water partition coefficient (Wildman–Crippen LogP) is 6.88. The van der Waals surface area contributed by atoms with Crippen molar-refractivity contribution in [2.45, 2.75) is 6.42 Å². The van der Waals surface area contributed by atoms with Crippen molar-refractivity contribution in [1.82, 2.24) is 0 Å². The second kappa shape index (κ2) is 9.54. The first-order chi connectivity index (χ1) is 15.2. The molecule has 156 valence electrons. The number of benzene rings is 4. The number of carbonyl (C=O) groups excluding carboxylic acids is 1. The summed E-state index contributed by atoms with van der Waals surface area (Å²) in [6.07, 6.45) is 0.277. The molecule has 31 heavy (non-hydrogen) atoms. The third kappa shape index (κ3) is 4.81. The minimum atomic E-state index is -0.113. The van der Waals surface area contributed by atoms with E-state index >= 15 is 0 Å². The maximum atomic E-state index is 11.8. The third-order valence-electron chi connectivity index (χ3n) is 4.94. The van der Waals surface area contributed by atoms with E-state index < -0.39 is 0 Å². The molecule has 1 N–H and O–H groups in total. The quantitative estimate of drug-likeness (QED) is 0.324. The van der Waals surface area contributed by atoms with Crippen molar-refractivity contribution in [3.63, 3.8) is 0 Å². The van der Waals surface area contributed by atoms with Crippen molar-refractivity contribution in [2.24, 2.45) is 0 Å². The summed E-state index contributed by atoms with van der Waals surface area (Å²) in [6, 6.07) is 27.5. The van der Waals surface area contributed by atoms with Crippen molar-refractivity contribution < 1.29 is 14.3 Å². The average molecular weight is 432 g/mol. The molecule has 4 aromatic carbocycles. The summed E-state index contributed by atoms with van der Waals surface area (Å²) in [5, 5.41) is 4.93. The smallest absolute Gasteiger partial charge is 0.225 e. The van der Waals surface area contributed by atoms with Gasteiger partial charge in [-0.25, -0.2) is 0 Å². The van der Waals surface area contributed by atoms with E-state index in [1.165, 1.54) is 0 Å². The van der Waals surface area contributed by atoms with Crippen LogP contribution in [0.15, 0.2) is 84.9 Å². The minimum absolute atomic E-state index is 0.113. The number of anilines is 1. The molecule has 0 spiro atoms. The largest absolute Gasteiger partial charge is 0.497 e. The zero-order valence-electron chi connectivity index (χ0n) is 17.1. The molecule has 0 aliphatic carbocycles. The molecule has 0 aromatic heterocycles. The zero-order valence-corrected chi connectivity index (χ0v) is 17.9. The highest BCUT2D eigenvalue weighted by Crippen LogP contribution is 2.40. The molecule has 0 saturated carbocycles. The zero-order chi connectivity index (χ0) is 21.6. The van der Waals surface area contributed by atoms with Crippen molar-refractivity contribution >= 4 is 34.0 Å². The number of methoxy groups -OCH3 is 1. The highest BCUT2D eigenvalue weighted by Gasteiger charge is 2.13. The lowest BCUT2D eigenvalue weighted by Crippen LogP contribution is -2.11. The highest BCUT2D eigenvalue weighted by atomic mass is 35.5. The molecular formula is C26H22ClNO3. The summed E-state index contributed by atoms with van der Waals surface area (Å²) in [6.45, 7) is 0. The van der Waals surface area contributed by atoms with Gasteiger partial charge < -0.3 is 14.8 Å². The standard InChI is InChI=1S/C26H22ClNO3/c1-30-22-7-4-6-19(17-22)24-14-9-18-5-2-3-8-23(18)26(24)31-21-12-10-20(11-13-21)28-25(29)15-16-27/h2-14,17H,15-16H2,1H3,(H,28,29). The Morgan fingerprint density at radius 1 is 0.903 bits per heavy atom. The SMILES string of the molecule is COc1cccc(-c2ccc3ccccc3c2Oc2ccc(NC(=O)CCCl)cc2)c1. The molecule has 4 rings (SSSR count). The van der Waals surface area contributed by atoms with Gasteiger partial charge in [-0.3, -0.25) is 4.79 Å². The molecule has 0 unspecified atom stereocenters. The van der Waals surface area contributed by atoms with E-state index in [9.17, 15) is 4.79 Å². The van der Waals surface area contributed by atoms with Crippen molar-refractivity contribution in [3.8, 4) is 28.4 Å². The van der Waals surface area contributed by atoms with Gasteiger partial charge >= 0.3 is 0 Å². The molecule has 4 nitrogen and oxygen atoms in total. The van der Waals surface area contributed by atoms with Crippen molar-refractivity contribution in [2.75, 3.05) is 18.3 Å². The lowest BCUT2D eigenvalue weighted by atomic mass is 9.99. The monoisotopic (exact) mass is 431 g/mol. The van der Waals surface area contributed by atoms with Gasteiger partial charge in [-0.1, -0.05) is 42.5 Å². The van der Waals surface area contributed by atoms with Crippen molar-refractivity contribution in [1.29, 1.82) is 0 Å². The van der Waals surface area contributed by atoms with Gasteiger partial charge in [0.15, 0.2) is 0 Å². The topological polar surface area (TPSA) is 47.6 Å². The summed E-state index contributed by atoms with van der Waals surface area (Å²) in [7, 11) is 1.66. The predicted molar refractivity (Wildman–Crippen MR) is 126 cm³/mol. The molecule has 0 saturated heterocycles. The van der Waals surface area contributed by atoms with Crippen LogP contribution >= 0.6 is 11.6 Å². The van der Waals surface area contributed by atoms with E-state index in [1.54, 1.807) is 7.11 Å². The van der Waals surface area contributed by atoms with E-state index in [4.69, 9.17) is 21.1 Å². The Bertz CT molecular complexity index is 1200. The Balaban J connectivity index is 1.71. The number of fused-ring (bicyclic) bond motifs is 1. The minimum Gasteiger partial charge on any atom is -0.497 e. The van der Waals surface area contributed by atoms with Crippen LogP contribution < -0.4 is 14.8 Å². The summed E-state index contributed by atoms with van der Waals surface area (Å²) in [5.74, 6) is 2.41. The van der Waals surface area contributed by atoms with Crippen LogP contribution in [0.5, 0.6) is 17.2 Å². The van der Waals surface area contributed by atoms with E-state index in [0.29, 0.717) is 17.3 Å². The number of amides is 1. The Labute approximate surface area is 186 Å². The molecule has 4 aromatic rings. The van der Waals surface area contributed by atoms with Crippen LogP contribution in [0.1, 0.15) is 6.42 Å². The van der Waals surface area contributed by atoms with Gasteiger partial charge in [0.25, 0.3) is 0 Å². The first-order valence-electron chi connectivity index (χ1n) is 9.98. The molecule has 0 fully saturated rings.